The summed E-state index contributed by atoms with van der Waals surface area (Å²) in [5, 5.41) is 5.74. The van der Waals surface area contributed by atoms with E-state index in [1.54, 1.807) is 60.5 Å². The van der Waals surface area contributed by atoms with E-state index in [2.05, 4.69) is 10.6 Å². The molecule has 2 N–H and O–H groups in total. The summed E-state index contributed by atoms with van der Waals surface area (Å²) < 4.78 is 0. The maximum absolute atomic E-state index is 13.1. The molecule has 0 aromatic heterocycles. The molecule has 0 saturated carbocycles. The molecule has 0 bridgehead atoms. The molecular weight excluding hydrogens is 426 g/mol. The Morgan fingerprint density at radius 1 is 0.794 bits per heavy atom. The molecule has 3 aromatic rings. The summed E-state index contributed by atoms with van der Waals surface area (Å²) in [5.74, 6) is -0.561. The lowest BCUT2D eigenvalue weighted by atomic mass is 10.0. The van der Waals surface area contributed by atoms with Gasteiger partial charge in [-0.2, -0.15) is 0 Å². The predicted octanol–water partition coefficient (Wildman–Crippen LogP) is 5.59. The maximum atomic E-state index is 13.1. The lowest BCUT2D eigenvalue weighted by molar-refractivity contribution is -0.120. The molecule has 0 aliphatic carbocycles. The minimum Gasteiger partial charge on any atom is -0.337 e. The number of rotatable bonds is 9. The van der Waals surface area contributed by atoms with Gasteiger partial charge in [-0.1, -0.05) is 56.3 Å². The van der Waals surface area contributed by atoms with Gasteiger partial charge < -0.3 is 15.5 Å². The highest BCUT2D eigenvalue weighted by molar-refractivity contribution is 6.09. The van der Waals surface area contributed by atoms with Crippen LogP contribution in [0.1, 0.15) is 53.0 Å². The molecule has 3 aromatic carbocycles. The average molecular weight is 458 g/mol. The van der Waals surface area contributed by atoms with Crippen molar-refractivity contribution in [3.05, 3.63) is 95.6 Å². The van der Waals surface area contributed by atoms with Crippen LogP contribution in [-0.2, 0) is 11.3 Å². The van der Waals surface area contributed by atoms with Gasteiger partial charge in [0, 0.05) is 30.8 Å². The second-order valence-corrected chi connectivity index (χ2v) is 8.23. The van der Waals surface area contributed by atoms with Gasteiger partial charge in [0.05, 0.1) is 11.3 Å². The number of nitrogens with zero attached hydrogens (tertiary/aromatic N) is 1. The Morgan fingerprint density at radius 3 is 2.06 bits per heavy atom. The van der Waals surface area contributed by atoms with E-state index in [0.717, 1.165) is 18.4 Å². The van der Waals surface area contributed by atoms with Gasteiger partial charge in [0.2, 0.25) is 5.91 Å². The van der Waals surface area contributed by atoms with Crippen molar-refractivity contribution in [2.45, 2.75) is 33.2 Å². The van der Waals surface area contributed by atoms with E-state index in [-0.39, 0.29) is 23.6 Å². The number of para-hydroxylation sites is 1. The van der Waals surface area contributed by atoms with E-state index in [4.69, 9.17) is 0 Å². The van der Waals surface area contributed by atoms with Crippen LogP contribution in [0.4, 0.5) is 11.4 Å². The Kier molecular flexibility index (Phi) is 8.57. The zero-order valence-corrected chi connectivity index (χ0v) is 19.9. The summed E-state index contributed by atoms with van der Waals surface area (Å²) in [5.41, 5.74) is 2.97. The number of amides is 3. The first-order chi connectivity index (χ1) is 16.4. The minimum absolute atomic E-state index is 0.0192. The number of hydrogen-bond acceptors (Lipinski definition) is 3. The summed E-state index contributed by atoms with van der Waals surface area (Å²) in [6.45, 7) is 4.44. The minimum atomic E-state index is -0.330. The molecule has 0 radical (unpaired) electrons. The van der Waals surface area contributed by atoms with E-state index >= 15 is 0 Å². The van der Waals surface area contributed by atoms with Gasteiger partial charge in [-0.15, -0.1) is 0 Å². The van der Waals surface area contributed by atoms with Gasteiger partial charge in [0.15, 0.2) is 0 Å². The number of nitrogens with one attached hydrogen (secondary N) is 2. The van der Waals surface area contributed by atoms with Crippen LogP contribution in [0.2, 0.25) is 0 Å². The standard InChI is InChI=1S/C28H31N3O3/c1-4-21(5-2)26(32)29-23-17-15-22(16-18-23)27(33)30-25-14-10-9-13-24(25)28(34)31(3)19-20-11-7-6-8-12-20/h6-18,21H,4-5,19H2,1-3H3,(H,29,32)(H,30,33). The van der Waals surface area contributed by atoms with Crippen LogP contribution in [0.15, 0.2) is 78.9 Å². The normalized spacial score (nSPS) is 10.6. The van der Waals surface area contributed by atoms with Gasteiger partial charge in [-0.25, -0.2) is 0 Å². The summed E-state index contributed by atoms with van der Waals surface area (Å²) >= 11 is 0. The van der Waals surface area contributed by atoms with Gasteiger partial charge in [0.1, 0.15) is 0 Å². The van der Waals surface area contributed by atoms with Crippen molar-refractivity contribution in [1.82, 2.24) is 4.90 Å². The van der Waals surface area contributed by atoms with Crippen LogP contribution in [-0.4, -0.2) is 29.7 Å². The second-order valence-electron chi connectivity index (χ2n) is 8.23. The molecule has 0 atom stereocenters. The Bertz CT molecular complexity index is 1120. The molecular formula is C28H31N3O3. The Morgan fingerprint density at radius 2 is 1.41 bits per heavy atom. The molecule has 0 aliphatic rings. The highest BCUT2D eigenvalue weighted by Gasteiger charge is 2.18. The third-order valence-electron chi connectivity index (χ3n) is 5.79. The van der Waals surface area contributed by atoms with E-state index < -0.39 is 0 Å². The van der Waals surface area contributed by atoms with Gasteiger partial charge in [-0.05, 0) is 54.8 Å². The third-order valence-corrected chi connectivity index (χ3v) is 5.79. The third kappa shape index (κ3) is 6.32. The first-order valence-corrected chi connectivity index (χ1v) is 11.5. The summed E-state index contributed by atoms with van der Waals surface area (Å²) in [4.78, 5) is 39.8. The zero-order chi connectivity index (χ0) is 24.5. The number of anilines is 2. The van der Waals surface area contributed by atoms with Crippen molar-refractivity contribution >= 4 is 29.1 Å². The number of hydrogen-bond donors (Lipinski definition) is 2. The fraction of sp³-hybridized carbons (Fsp3) is 0.250. The van der Waals surface area contributed by atoms with Crippen LogP contribution >= 0.6 is 0 Å². The number of carbonyl (C=O) groups excluding carboxylic acids is 3. The quantitative estimate of drug-likeness (QED) is 0.440. The summed E-state index contributed by atoms with van der Waals surface area (Å²) in [6, 6.07) is 23.4. The first-order valence-electron chi connectivity index (χ1n) is 11.5. The Hall–Kier alpha value is -3.93. The van der Waals surface area contributed by atoms with Crippen molar-refractivity contribution in [2.75, 3.05) is 17.7 Å². The van der Waals surface area contributed by atoms with Crippen LogP contribution in [0, 0.1) is 5.92 Å². The molecule has 0 heterocycles. The van der Waals surface area contributed by atoms with Gasteiger partial charge in [0.25, 0.3) is 11.8 Å². The lowest BCUT2D eigenvalue weighted by Crippen LogP contribution is -2.27. The topological polar surface area (TPSA) is 78.5 Å². The predicted molar refractivity (Wildman–Crippen MR) is 136 cm³/mol. The first kappa shape index (κ1) is 24.7. The lowest BCUT2D eigenvalue weighted by Gasteiger charge is -2.19. The highest BCUT2D eigenvalue weighted by Crippen LogP contribution is 2.20. The van der Waals surface area contributed by atoms with E-state index in [1.807, 2.05) is 44.2 Å². The molecule has 0 fully saturated rings. The van der Waals surface area contributed by atoms with Crippen molar-refractivity contribution in [2.24, 2.45) is 5.92 Å². The molecule has 0 unspecified atom stereocenters. The Labute approximate surface area is 201 Å². The highest BCUT2D eigenvalue weighted by atomic mass is 16.2. The SMILES string of the molecule is CCC(CC)C(=O)Nc1ccc(C(=O)Nc2ccccc2C(=O)N(C)Cc2ccccc2)cc1. The van der Waals surface area contributed by atoms with Crippen LogP contribution < -0.4 is 10.6 Å². The largest absolute Gasteiger partial charge is 0.337 e. The molecule has 3 rings (SSSR count). The molecule has 0 aliphatic heterocycles. The second kappa shape index (κ2) is 11.8. The van der Waals surface area contributed by atoms with E-state index in [9.17, 15) is 14.4 Å². The summed E-state index contributed by atoms with van der Waals surface area (Å²) in [6.07, 6.45) is 1.56. The fourth-order valence-electron chi connectivity index (χ4n) is 3.72. The fourth-order valence-corrected chi connectivity index (χ4v) is 3.72. The van der Waals surface area contributed by atoms with Crippen molar-refractivity contribution < 1.29 is 14.4 Å². The zero-order valence-electron chi connectivity index (χ0n) is 19.9. The van der Waals surface area contributed by atoms with E-state index in [0.29, 0.717) is 29.0 Å². The molecule has 176 valence electrons. The number of carbonyl (C=O) groups is 3. The molecule has 3 amide bonds. The van der Waals surface area contributed by atoms with Crippen molar-refractivity contribution in [3.8, 4) is 0 Å². The van der Waals surface area contributed by atoms with Crippen molar-refractivity contribution in [3.63, 3.8) is 0 Å². The maximum Gasteiger partial charge on any atom is 0.256 e. The van der Waals surface area contributed by atoms with Gasteiger partial charge >= 0.3 is 0 Å². The number of benzene rings is 3. The Balaban J connectivity index is 1.68. The van der Waals surface area contributed by atoms with Crippen molar-refractivity contribution in [1.29, 1.82) is 0 Å². The monoisotopic (exact) mass is 457 g/mol. The van der Waals surface area contributed by atoms with Gasteiger partial charge in [-0.3, -0.25) is 14.4 Å². The average Bonchev–Trinajstić information content (AvgIpc) is 2.85. The molecule has 6 heteroatoms. The van der Waals surface area contributed by atoms with E-state index in [1.165, 1.54) is 0 Å². The summed E-state index contributed by atoms with van der Waals surface area (Å²) in [7, 11) is 1.74. The molecule has 0 saturated heterocycles. The van der Waals surface area contributed by atoms with Crippen LogP contribution in [0.5, 0.6) is 0 Å². The molecule has 6 nitrogen and oxygen atoms in total. The molecule has 0 spiro atoms. The van der Waals surface area contributed by atoms with Crippen LogP contribution in [0.25, 0.3) is 0 Å². The van der Waals surface area contributed by atoms with Crippen LogP contribution in [0.3, 0.4) is 0 Å². The molecule has 34 heavy (non-hydrogen) atoms. The smallest absolute Gasteiger partial charge is 0.256 e.